The average Bonchev–Trinajstić information content (AvgIpc) is 3.47. The molecule has 1 spiro atoms. The Balaban J connectivity index is 1.87. The molecule has 38 heavy (non-hydrogen) atoms. The number of carbonyl (C=O) groups excluding carboxylic acids is 3. The first-order chi connectivity index (χ1) is 18.1. The van der Waals surface area contributed by atoms with Crippen molar-refractivity contribution in [3.05, 3.63) is 54.1 Å². The third-order valence-corrected chi connectivity index (χ3v) is 11.7. The number of carbonyl (C=O) groups is 3. The fourth-order valence-corrected chi connectivity index (χ4v) is 10.4. The molecule has 3 amide bonds. The van der Waals surface area contributed by atoms with Gasteiger partial charge < -0.3 is 19.8 Å². The number of amides is 3. The number of aliphatic hydroxyl groups is 1. The lowest BCUT2D eigenvalue weighted by atomic mass is 9.70. The molecule has 3 fully saturated rings. The van der Waals surface area contributed by atoms with Crippen molar-refractivity contribution in [2.45, 2.75) is 53.6 Å². The normalized spacial score (nSPS) is 30.2. The number of thioether (sulfide) groups is 1. The summed E-state index contributed by atoms with van der Waals surface area (Å²) in [6.07, 6.45) is 4.34. The monoisotopic (exact) mass is 623 g/mol. The van der Waals surface area contributed by atoms with Crippen LogP contribution in [-0.2, 0) is 14.4 Å². The lowest BCUT2D eigenvalue weighted by Gasteiger charge is -2.40. The topological polar surface area (TPSA) is 81.2 Å². The van der Waals surface area contributed by atoms with E-state index in [1.54, 1.807) is 51.7 Å². The number of aliphatic hydroxyl groups excluding tert-OH is 1. The van der Waals surface area contributed by atoms with E-state index in [9.17, 15) is 19.5 Å². The number of rotatable bonds is 10. The van der Waals surface area contributed by atoms with Gasteiger partial charge in [0.2, 0.25) is 11.8 Å². The van der Waals surface area contributed by atoms with Gasteiger partial charge in [-0.3, -0.25) is 14.4 Å². The molecule has 3 unspecified atom stereocenters. The molecule has 0 aliphatic carbocycles. The van der Waals surface area contributed by atoms with E-state index in [4.69, 9.17) is 11.6 Å². The van der Waals surface area contributed by atoms with Gasteiger partial charge in [0, 0.05) is 30.2 Å². The number of para-hydroxylation sites is 1. The van der Waals surface area contributed by atoms with Crippen molar-refractivity contribution in [1.82, 2.24) is 9.80 Å². The molecule has 2 bridgehead atoms. The number of hydrogen-bond acceptors (Lipinski definition) is 5. The number of nitrogens with zero attached hydrogens (tertiary/aromatic N) is 3. The maximum Gasteiger partial charge on any atom is 0.251 e. The van der Waals surface area contributed by atoms with Crippen LogP contribution in [0.15, 0.2) is 43.5 Å². The average molecular weight is 625 g/mol. The van der Waals surface area contributed by atoms with Crippen LogP contribution in [0, 0.1) is 18.8 Å². The summed E-state index contributed by atoms with van der Waals surface area (Å²) in [5.74, 6) is -1.88. The Morgan fingerprint density at radius 3 is 2.58 bits per heavy atom. The minimum atomic E-state index is -0.870. The molecular formula is C28H35BrClN3O4S. The molecule has 0 radical (unpaired) electrons. The van der Waals surface area contributed by atoms with Crippen LogP contribution in [0.2, 0.25) is 5.02 Å². The van der Waals surface area contributed by atoms with E-state index < -0.39 is 28.7 Å². The third-order valence-electron chi connectivity index (χ3n) is 8.14. The maximum absolute atomic E-state index is 14.7. The van der Waals surface area contributed by atoms with E-state index >= 15 is 0 Å². The van der Waals surface area contributed by atoms with Crippen LogP contribution in [0.3, 0.4) is 0 Å². The van der Waals surface area contributed by atoms with Gasteiger partial charge in [-0.15, -0.1) is 24.9 Å². The molecule has 4 rings (SSSR count). The summed E-state index contributed by atoms with van der Waals surface area (Å²) in [7, 11) is 1.71. The van der Waals surface area contributed by atoms with Gasteiger partial charge in [-0.05, 0) is 31.4 Å². The fourth-order valence-electron chi connectivity index (χ4n) is 6.51. The molecule has 1 N–H and O–H groups in total. The van der Waals surface area contributed by atoms with E-state index in [1.807, 2.05) is 26.0 Å². The SMILES string of the molecule is C=CCN(C)C(=O)[C@H]1[C@@H]2SC3(CC2Br)C(C(=O)N(CC=C)c2c(C)cccc2Cl)N([C@@H](CC)CO)C(=O)[C@H]13. The second kappa shape index (κ2) is 11.4. The van der Waals surface area contributed by atoms with Crippen LogP contribution in [-0.4, -0.2) is 86.3 Å². The molecule has 3 saturated heterocycles. The maximum atomic E-state index is 14.7. The van der Waals surface area contributed by atoms with E-state index in [0.717, 1.165) is 5.56 Å². The summed E-state index contributed by atoms with van der Waals surface area (Å²) in [4.78, 5) is 47.4. The van der Waals surface area contributed by atoms with E-state index in [1.165, 1.54) is 0 Å². The zero-order valence-corrected chi connectivity index (χ0v) is 25.1. The predicted molar refractivity (Wildman–Crippen MR) is 157 cm³/mol. The predicted octanol–water partition coefficient (Wildman–Crippen LogP) is 4.05. The number of hydrogen-bond donors (Lipinski definition) is 1. The molecule has 1 aromatic rings. The second-order valence-electron chi connectivity index (χ2n) is 10.3. The van der Waals surface area contributed by atoms with Crippen LogP contribution in [0.5, 0.6) is 0 Å². The lowest BCUT2D eigenvalue weighted by molar-refractivity contribution is -0.144. The zero-order valence-electron chi connectivity index (χ0n) is 22.0. The van der Waals surface area contributed by atoms with Crippen molar-refractivity contribution >= 4 is 62.7 Å². The molecule has 0 saturated carbocycles. The first kappa shape index (κ1) is 29.2. The lowest BCUT2D eigenvalue weighted by Crippen LogP contribution is -2.58. The third kappa shape index (κ3) is 4.43. The fraction of sp³-hybridized carbons (Fsp3) is 0.536. The second-order valence-corrected chi connectivity index (χ2v) is 13.4. The molecular weight excluding hydrogens is 590 g/mol. The Hall–Kier alpha value is -1.81. The highest BCUT2D eigenvalue weighted by atomic mass is 79.9. The van der Waals surface area contributed by atoms with Gasteiger partial charge >= 0.3 is 0 Å². The molecule has 3 aliphatic heterocycles. The van der Waals surface area contributed by atoms with Gasteiger partial charge in [0.05, 0.1) is 39.9 Å². The number of likely N-dealkylation sites (tertiary alicyclic amines) is 1. The molecule has 7 atom stereocenters. The number of benzene rings is 1. The quantitative estimate of drug-likeness (QED) is 0.314. The molecule has 206 valence electrons. The van der Waals surface area contributed by atoms with Crippen LogP contribution in [0.25, 0.3) is 0 Å². The highest BCUT2D eigenvalue weighted by Crippen LogP contribution is 2.68. The summed E-state index contributed by atoms with van der Waals surface area (Å²) in [6.45, 7) is 11.7. The minimum Gasteiger partial charge on any atom is -0.394 e. The zero-order chi connectivity index (χ0) is 27.9. The van der Waals surface area contributed by atoms with Crippen LogP contribution >= 0.6 is 39.3 Å². The largest absolute Gasteiger partial charge is 0.394 e. The van der Waals surface area contributed by atoms with Gasteiger partial charge in [0.1, 0.15) is 6.04 Å². The smallest absolute Gasteiger partial charge is 0.251 e. The van der Waals surface area contributed by atoms with E-state index in [-0.39, 0.29) is 41.0 Å². The van der Waals surface area contributed by atoms with Gasteiger partial charge in [0.25, 0.3) is 5.91 Å². The first-order valence-electron chi connectivity index (χ1n) is 12.9. The number of aryl methyl sites for hydroxylation is 1. The Labute approximate surface area is 242 Å². The van der Waals surface area contributed by atoms with Crippen molar-refractivity contribution in [2.75, 3.05) is 31.6 Å². The molecule has 3 aliphatic rings. The number of fused-ring (bicyclic) bond motifs is 1. The molecule has 10 heteroatoms. The van der Waals surface area contributed by atoms with Crippen molar-refractivity contribution in [3.63, 3.8) is 0 Å². The minimum absolute atomic E-state index is 0.0398. The van der Waals surface area contributed by atoms with Gasteiger partial charge in [-0.1, -0.05) is 58.7 Å². The number of alkyl halides is 1. The summed E-state index contributed by atoms with van der Waals surface area (Å²) in [6, 6.07) is 4.04. The van der Waals surface area contributed by atoms with Crippen LogP contribution in [0.4, 0.5) is 5.69 Å². The Kier molecular flexibility index (Phi) is 8.72. The van der Waals surface area contributed by atoms with Crippen molar-refractivity contribution in [2.24, 2.45) is 11.8 Å². The summed E-state index contributed by atoms with van der Waals surface area (Å²) in [5, 5.41) is 10.6. The van der Waals surface area contributed by atoms with Crippen molar-refractivity contribution in [3.8, 4) is 0 Å². The van der Waals surface area contributed by atoms with Gasteiger partial charge in [-0.25, -0.2) is 0 Å². The molecule has 0 aromatic heterocycles. The van der Waals surface area contributed by atoms with Crippen LogP contribution in [0.1, 0.15) is 25.3 Å². The summed E-state index contributed by atoms with van der Waals surface area (Å²) < 4.78 is -0.820. The Morgan fingerprint density at radius 2 is 2.00 bits per heavy atom. The number of halogens is 2. The number of likely N-dealkylation sites (N-methyl/N-ethyl adjacent to an activating group) is 1. The highest BCUT2D eigenvalue weighted by molar-refractivity contribution is 9.09. The number of anilines is 1. The van der Waals surface area contributed by atoms with E-state index in [2.05, 4.69) is 29.1 Å². The molecule has 3 heterocycles. The van der Waals surface area contributed by atoms with Gasteiger partial charge in [-0.2, -0.15) is 0 Å². The van der Waals surface area contributed by atoms with E-state index in [0.29, 0.717) is 30.1 Å². The van der Waals surface area contributed by atoms with Gasteiger partial charge in [0.15, 0.2) is 0 Å². The standard InChI is InChI=1S/C28H35BrClN3O4S/c1-6-12-31(5)25(35)20-21-26(36)33(17(8-3)15-34)24(28(21)14-18(29)23(20)38-28)27(37)32(13-7-2)22-16(4)10-9-11-19(22)30/h6-7,9-11,17-18,20-21,23-24,34H,1-2,8,12-15H2,3-5H3/t17-,18?,20+,21-,23+,24?,28?/m0/s1. The molecule has 1 aromatic carbocycles. The Morgan fingerprint density at radius 1 is 1.32 bits per heavy atom. The highest BCUT2D eigenvalue weighted by Gasteiger charge is 2.76. The molecule has 7 nitrogen and oxygen atoms in total. The van der Waals surface area contributed by atoms with Crippen molar-refractivity contribution < 1.29 is 19.5 Å². The van der Waals surface area contributed by atoms with Crippen molar-refractivity contribution in [1.29, 1.82) is 0 Å². The Bertz CT molecular complexity index is 1130. The summed E-state index contributed by atoms with van der Waals surface area (Å²) in [5.41, 5.74) is 1.40. The van der Waals surface area contributed by atoms with Crippen LogP contribution < -0.4 is 4.90 Å². The summed E-state index contributed by atoms with van der Waals surface area (Å²) >= 11 is 12.0. The first-order valence-corrected chi connectivity index (χ1v) is 15.0.